The molecule has 2 N–H and O–H groups in total. The van der Waals surface area contributed by atoms with Crippen LogP contribution in [0.5, 0.6) is 5.75 Å². The van der Waals surface area contributed by atoms with Crippen molar-refractivity contribution in [3.63, 3.8) is 0 Å². The number of benzene rings is 2. The van der Waals surface area contributed by atoms with Gasteiger partial charge in [-0.15, -0.1) is 0 Å². The van der Waals surface area contributed by atoms with E-state index >= 15 is 0 Å². The number of amides is 2. The van der Waals surface area contributed by atoms with Gasteiger partial charge in [-0.3, -0.25) is 9.59 Å². The molecule has 3 rings (SSSR count). The van der Waals surface area contributed by atoms with Crippen LogP contribution in [0.4, 0.5) is 11.4 Å². The van der Waals surface area contributed by atoms with E-state index in [0.29, 0.717) is 23.6 Å². The van der Waals surface area contributed by atoms with Gasteiger partial charge in [-0.1, -0.05) is 30.9 Å². The van der Waals surface area contributed by atoms with Crippen molar-refractivity contribution in [1.82, 2.24) is 4.90 Å². The number of nitrogens with zero attached hydrogens (tertiary/aromatic N) is 1. The lowest BCUT2D eigenvalue weighted by Crippen LogP contribution is -2.27. The summed E-state index contributed by atoms with van der Waals surface area (Å²) in [6.45, 7) is 5.70. The summed E-state index contributed by atoms with van der Waals surface area (Å²) in [4.78, 5) is 26.7. The molecule has 2 aromatic rings. The quantitative estimate of drug-likeness (QED) is 0.689. The van der Waals surface area contributed by atoms with Crippen LogP contribution in [-0.2, 0) is 4.79 Å². The molecular formula is C22H25N3O3. The van der Waals surface area contributed by atoms with Crippen LogP contribution in [0.2, 0.25) is 0 Å². The van der Waals surface area contributed by atoms with Gasteiger partial charge in [0.25, 0.3) is 5.91 Å². The minimum absolute atomic E-state index is 0.0139. The zero-order chi connectivity index (χ0) is 19.8. The Balaban J connectivity index is 1.57. The van der Waals surface area contributed by atoms with E-state index in [1.807, 2.05) is 29.2 Å². The largest absolute Gasteiger partial charge is 0.487 e. The van der Waals surface area contributed by atoms with Crippen molar-refractivity contribution in [3.05, 3.63) is 66.7 Å². The summed E-state index contributed by atoms with van der Waals surface area (Å²) in [6, 6.07) is 14.5. The van der Waals surface area contributed by atoms with Gasteiger partial charge >= 0.3 is 0 Å². The van der Waals surface area contributed by atoms with E-state index in [1.54, 1.807) is 30.3 Å². The van der Waals surface area contributed by atoms with Gasteiger partial charge < -0.3 is 20.3 Å². The highest BCUT2D eigenvalue weighted by molar-refractivity contribution is 5.98. The smallest absolute Gasteiger partial charge is 0.253 e. The van der Waals surface area contributed by atoms with Gasteiger partial charge in [-0.25, -0.2) is 0 Å². The average Bonchev–Trinajstić information content (AvgIpc) is 3.26. The number of rotatable bonds is 8. The van der Waals surface area contributed by atoms with Crippen molar-refractivity contribution in [2.24, 2.45) is 0 Å². The Kier molecular flexibility index (Phi) is 6.68. The number of nitrogens with one attached hydrogen (secondary N) is 2. The van der Waals surface area contributed by atoms with E-state index in [2.05, 4.69) is 17.2 Å². The van der Waals surface area contributed by atoms with Crippen molar-refractivity contribution in [2.45, 2.75) is 12.8 Å². The van der Waals surface area contributed by atoms with Crippen molar-refractivity contribution in [2.75, 3.05) is 36.9 Å². The molecule has 0 spiro atoms. The maximum Gasteiger partial charge on any atom is 0.253 e. The number of hydrogen-bond acceptors (Lipinski definition) is 4. The maximum absolute atomic E-state index is 12.5. The number of hydrogen-bond donors (Lipinski definition) is 2. The fourth-order valence-corrected chi connectivity index (χ4v) is 3.10. The third-order valence-electron chi connectivity index (χ3n) is 4.47. The molecule has 146 valence electrons. The summed E-state index contributed by atoms with van der Waals surface area (Å²) in [6.07, 6.45) is 3.76. The first kappa shape index (κ1) is 19.5. The molecule has 0 atom stereocenters. The zero-order valence-corrected chi connectivity index (χ0v) is 15.8. The Labute approximate surface area is 165 Å². The van der Waals surface area contributed by atoms with Crippen molar-refractivity contribution in [3.8, 4) is 5.75 Å². The number of anilines is 2. The first-order valence-corrected chi connectivity index (χ1v) is 9.43. The average molecular weight is 379 g/mol. The van der Waals surface area contributed by atoms with Crippen LogP contribution in [0, 0.1) is 0 Å². The summed E-state index contributed by atoms with van der Waals surface area (Å²) in [5, 5.41) is 5.91. The summed E-state index contributed by atoms with van der Waals surface area (Å²) in [5.74, 6) is 0.470. The second kappa shape index (κ2) is 9.60. The highest BCUT2D eigenvalue weighted by atomic mass is 16.5. The normalized spacial score (nSPS) is 13.1. The number of carbonyl (C=O) groups is 2. The van der Waals surface area contributed by atoms with Gasteiger partial charge in [0.2, 0.25) is 5.91 Å². The lowest BCUT2D eigenvalue weighted by Gasteiger charge is -2.16. The Hall–Kier alpha value is -3.28. The van der Waals surface area contributed by atoms with Gasteiger partial charge in [0.05, 0.1) is 12.2 Å². The third kappa shape index (κ3) is 5.13. The van der Waals surface area contributed by atoms with E-state index < -0.39 is 0 Å². The van der Waals surface area contributed by atoms with Gasteiger partial charge in [-0.05, 0) is 43.2 Å². The predicted octanol–water partition coefficient (Wildman–Crippen LogP) is 3.54. The second-order valence-electron chi connectivity index (χ2n) is 6.58. The van der Waals surface area contributed by atoms with E-state index in [1.165, 1.54) is 0 Å². The Bertz CT molecular complexity index is 844. The molecule has 0 aliphatic carbocycles. The van der Waals surface area contributed by atoms with E-state index in [4.69, 9.17) is 4.74 Å². The monoisotopic (exact) mass is 379 g/mol. The van der Waals surface area contributed by atoms with Crippen LogP contribution in [0.25, 0.3) is 0 Å². The van der Waals surface area contributed by atoms with Crippen LogP contribution in [0.15, 0.2) is 61.2 Å². The van der Waals surface area contributed by atoms with Crippen LogP contribution in [0.3, 0.4) is 0 Å². The van der Waals surface area contributed by atoms with Gasteiger partial charge in [0.15, 0.2) is 0 Å². The minimum Gasteiger partial charge on any atom is -0.487 e. The molecule has 1 fully saturated rings. The fourth-order valence-electron chi connectivity index (χ4n) is 3.10. The molecule has 1 saturated heterocycles. The molecule has 6 nitrogen and oxygen atoms in total. The number of likely N-dealkylation sites (tertiary alicyclic amines) is 1. The first-order valence-electron chi connectivity index (χ1n) is 9.43. The lowest BCUT2D eigenvalue weighted by molar-refractivity contribution is -0.114. The van der Waals surface area contributed by atoms with Gasteiger partial charge in [0.1, 0.15) is 12.4 Å². The molecule has 1 aliphatic rings. The highest BCUT2D eigenvalue weighted by Gasteiger charge is 2.19. The molecule has 0 radical (unpaired) electrons. The Morgan fingerprint density at radius 1 is 1.11 bits per heavy atom. The first-order chi connectivity index (χ1) is 13.7. The predicted molar refractivity (Wildman–Crippen MR) is 111 cm³/mol. The van der Waals surface area contributed by atoms with E-state index in [-0.39, 0.29) is 18.4 Å². The fraction of sp³-hybridized carbons (Fsp3) is 0.273. The number of carbonyl (C=O) groups excluding carboxylic acids is 2. The molecule has 1 aliphatic heterocycles. The third-order valence-corrected chi connectivity index (χ3v) is 4.47. The minimum atomic E-state index is -0.204. The molecule has 2 amide bonds. The van der Waals surface area contributed by atoms with Crippen LogP contribution < -0.4 is 15.4 Å². The van der Waals surface area contributed by atoms with E-state index in [9.17, 15) is 9.59 Å². The molecule has 0 unspecified atom stereocenters. The Morgan fingerprint density at radius 3 is 2.68 bits per heavy atom. The van der Waals surface area contributed by atoms with Gasteiger partial charge in [-0.2, -0.15) is 0 Å². The van der Waals surface area contributed by atoms with Crippen LogP contribution >= 0.6 is 0 Å². The van der Waals surface area contributed by atoms with Crippen molar-refractivity contribution in [1.29, 1.82) is 0 Å². The molecule has 28 heavy (non-hydrogen) atoms. The standard InChI is InChI=1S/C22H25N3O3/c1-2-14-28-20-11-4-3-10-19(20)23-16-21(26)24-18-9-7-8-17(15-18)22(27)25-12-5-6-13-25/h2-4,7-11,15,23H,1,5-6,12-14,16H2,(H,24,26). The summed E-state index contributed by atoms with van der Waals surface area (Å²) in [5.41, 5.74) is 1.93. The molecular weight excluding hydrogens is 354 g/mol. The SMILES string of the molecule is C=CCOc1ccccc1NCC(=O)Nc1cccc(C(=O)N2CCCC2)c1. The zero-order valence-electron chi connectivity index (χ0n) is 15.8. The number of ether oxygens (including phenoxy) is 1. The molecule has 2 aromatic carbocycles. The topological polar surface area (TPSA) is 70.7 Å². The number of para-hydroxylation sites is 2. The van der Waals surface area contributed by atoms with Gasteiger partial charge in [0, 0.05) is 24.3 Å². The maximum atomic E-state index is 12.5. The van der Waals surface area contributed by atoms with E-state index in [0.717, 1.165) is 31.6 Å². The molecule has 0 aromatic heterocycles. The molecule has 1 heterocycles. The van der Waals surface area contributed by atoms with Crippen LogP contribution in [0.1, 0.15) is 23.2 Å². The highest BCUT2D eigenvalue weighted by Crippen LogP contribution is 2.23. The summed E-state index contributed by atoms with van der Waals surface area (Å²) < 4.78 is 5.57. The summed E-state index contributed by atoms with van der Waals surface area (Å²) in [7, 11) is 0. The second-order valence-corrected chi connectivity index (χ2v) is 6.58. The lowest BCUT2D eigenvalue weighted by atomic mass is 10.1. The van der Waals surface area contributed by atoms with Crippen molar-refractivity contribution < 1.29 is 14.3 Å². The van der Waals surface area contributed by atoms with Crippen molar-refractivity contribution >= 4 is 23.2 Å². The van der Waals surface area contributed by atoms with Crippen LogP contribution in [-0.4, -0.2) is 43.0 Å². The molecule has 0 bridgehead atoms. The Morgan fingerprint density at radius 2 is 1.89 bits per heavy atom. The summed E-state index contributed by atoms with van der Waals surface area (Å²) >= 11 is 0. The molecule has 6 heteroatoms. The molecule has 0 saturated carbocycles.